The Hall–Kier alpha value is -11.5. The number of rotatable bonds is 14. The monoisotopic (exact) mass is 1820 g/mol. The van der Waals surface area contributed by atoms with E-state index in [-0.39, 0.29) is 49.1 Å². The molecule has 4 aromatic heterocycles. The van der Waals surface area contributed by atoms with Crippen molar-refractivity contribution < 1.29 is 57.1 Å². The summed E-state index contributed by atoms with van der Waals surface area (Å²) in [6.45, 7) is 69.7. The summed E-state index contributed by atoms with van der Waals surface area (Å²) in [4.78, 5) is 56.0. The molecule has 0 unspecified atom stereocenters. The van der Waals surface area contributed by atoms with Gasteiger partial charge in [0.1, 0.15) is 89.3 Å². The molecule has 0 saturated carbocycles. The number of carbonyl (C=O) groups is 4. The van der Waals surface area contributed by atoms with Crippen molar-refractivity contribution in [2.45, 2.75) is 304 Å². The van der Waals surface area contributed by atoms with Gasteiger partial charge in [-0.1, -0.05) is 235 Å². The van der Waals surface area contributed by atoms with Crippen molar-refractivity contribution in [1.29, 1.82) is 0 Å². The van der Waals surface area contributed by atoms with Crippen LogP contribution in [0.1, 0.15) is 281 Å². The Kier molecular flexibility index (Phi) is 29.5. The first-order valence-corrected chi connectivity index (χ1v) is 45.2. The number of fused-ring (bicyclic) bond motifs is 5. The van der Waals surface area contributed by atoms with E-state index in [1.54, 1.807) is 101 Å². The second-order valence-corrected chi connectivity index (χ2v) is 46.2. The summed E-state index contributed by atoms with van der Waals surface area (Å²) in [5.74, 6) is 1.37. The van der Waals surface area contributed by atoms with E-state index in [0.29, 0.717) is 61.1 Å². The first-order chi connectivity index (χ1) is 60.0. The van der Waals surface area contributed by atoms with Crippen molar-refractivity contribution >= 4 is 103 Å². The highest BCUT2D eigenvalue weighted by Gasteiger charge is 2.36. The van der Waals surface area contributed by atoms with Gasteiger partial charge in [0.2, 0.25) is 0 Å². The second kappa shape index (κ2) is 38.0. The van der Waals surface area contributed by atoms with Crippen molar-refractivity contribution in [2.75, 3.05) is 0 Å². The average molecular weight is 1830 g/mol. The Labute approximate surface area is 782 Å². The predicted molar refractivity (Wildman–Crippen MR) is 524 cm³/mol. The molecule has 0 aliphatic rings. The third-order valence-corrected chi connectivity index (χ3v) is 21.3. The number of aryl methyl sites for hydroxylation is 1. The van der Waals surface area contributed by atoms with Crippen molar-refractivity contribution in [3.05, 3.63) is 201 Å². The van der Waals surface area contributed by atoms with E-state index in [4.69, 9.17) is 71.3 Å². The zero-order chi connectivity index (χ0) is 97.4. The number of hydrogen-bond acceptors (Lipinski definition) is 20. The molecule has 0 saturated heterocycles. The smallest absolute Gasteiger partial charge is 0.428 e. The van der Waals surface area contributed by atoms with E-state index in [9.17, 15) is 19.2 Å². The van der Waals surface area contributed by atoms with Crippen molar-refractivity contribution in [1.82, 2.24) is 60.0 Å². The second-order valence-electron chi connectivity index (χ2n) is 45.4. The number of aromatic nitrogens is 12. The minimum Gasteiger partial charge on any atom is -0.428 e. The van der Waals surface area contributed by atoms with E-state index in [1.165, 1.54) is 4.80 Å². The summed E-state index contributed by atoms with van der Waals surface area (Å²) in [6.07, 6.45) is -0.156. The van der Waals surface area contributed by atoms with E-state index >= 15 is 0 Å². The lowest BCUT2D eigenvalue weighted by molar-refractivity contribution is 0.0192. The van der Waals surface area contributed by atoms with Gasteiger partial charge in [-0.05, 0) is 288 Å². The molecule has 4 heterocycles. The molecule has 0 aliphatic carbocycles. The molecular weight excluding hydrogens is 1690 g/mol. The highest BCUT2D eigenvalue weighted by molar-refractivity contribution is 6.42. The number of benzene rings is 9. The molecule has 0 N–H and O–H groups in total. The molecule has 26 heteroatoms. The van der Waals surface area contributed by atoms with Crippen molar-refractivity contribution in [2.24, 2.45) is 16.2 Å². The fourth-order valence-corrected chi connectivity index (χ4v) is 16.3. The third-order valence-electron chi connectivity index (χ3n) is 20.6. The van der Waals surface area contributed by atoms with Crippen LogP contribution in [0.25, 0.3) is 77.7 Å². The van der Waals surface area contributed by atoms with Crippen molar-refractivity contribution in [3.63, 3.8) is 0 Å². The van der Waals surface area contributed by atoms with Gasteiger partial charge in [0.25, 0.3) is 0 Å². The fourth-order valence-electron chi connectivity index (χ4n) is 16.0. The number of hydrogen-bond donors (Lipinski definition) is 0. The van der Waals surface area contributed by atoms with Gasteiger partial charge in [0.05, 0.1) is 10.0 Å². The summed E-state index contributed by atoms with van der Waals surface area (Å²) in [5, 5.41) is 40.2. The van der Waals surface area contributed by atoms with Crippen LogP contribution < -0.4 is 18.9 Å². The summed E-state index contributed by atoms with van der Waals surface area (Å²) >= 11 is 12.3. The lowest BCUT2D eigenvalue weighted by Gasteiger charge is -2.33. The normalized spacial score (nSPS) is 12.8. The van der Waals surface area contributed by atoms with Gasteiger partial charge in [0, 0.05) is 0 Å². The quantitative estimate of drug-likeness (QED) is 0.0556. The third kappa shape index (κ3) is 28.3. The zero-order valence-corrected chi connectivity index (χ0v) is 84.7. The molecule has 0 radical (unpaired) electrons. The minimum atomic E-state index is -0.798. The molecule has 0 aliphatic heterocycles. The highest BCUT2D eigenvalue weighted by atomic mass is 35.5. The van der Waals surface area contributed by atoms with E-state index in [1.807, 2.05) is 143 Å². The van der Waals surface area contributed by atoms with Gasteiger partial charge < -0.3 is 37.9 Å². The Morgan fingerprint density at radius 1 is 0.282 bits per heavy atom. The number of carbonyl (C=O) groups excluding carboxylic acids is 4. The van der Waals surface area contributed by atoms with Crippen LogP contribution in [0.2, 0.25) is 10.0 Å². The Balaban J connectivity index is 0.000000182. The van der Waals surface area contributed by atoms with Gasteiger partial charge in [-0.25, -0.2) is 19.2 Å². The van der Waals surface area contributed by atoms with Crippen LogP contribution in [-0.4, -0.2) is 107 Å². The summed E-state index contributed by atoms with van der Waals surface area (Å²) in [6, 6.07) is 50.5. The van der Waals surface area contributed by atoms with Crippen LogP contribution in [0, 0.1) is 23.2 Å². The van der Waals surface area contributed by atoms with Crippen LogP contribution in [0.15, 0.2) is 158 Å². The van der Waals surface area contributed by atoms with Crippen LogP contribution in [0.5, 0.6) is 23.0 Å². The van der Waals surface area contributed by atoms with E-state index < -0.39 is 47.0 Å². The van der Waals surface area contributed by atoms with Crippen molar-refractivity contribution in [3.8, 4) is 45.7 Å². The van der Waals surface area contributed by atoms with Crippen LogP contribution in [-0.2, 0) is 46.0 Å². The molecule has 13 aromatic rings. The van der Waals surface area contributed by atoms with Crippen LogP contribution >= 0.6 is 23.2 Å². The molecule has 700 valence electrons. The van der Waals surface area contributed by atoms with Gasteiger partial charge >= 0.3 is 24.6 Å². The molecule has 0 bridgehead atoms. The standard InChI is InChI=1S/C29H35N3O3.C26H35N3O3.C25H31Cl2N3O3.C25H33N3O3/c1-27(2,3)18-29(7,8)21-13-14-25(34-26(33)35-28(4,5)6)24(17-21)32-30-22-15-19-11-9-10-12-20(19)16-23(22)31-32;1-17-10-12-19-20(14-17)28-29(27-19)21-15-18(26(8,9)16-24(2,3)4)11-13-22(21)31-23(30)32-25(5,6)7;1-23(2,3)14-25(7,8)15-9-10-21(32-22(31)33-24(4,5)6)20(11-15)30-28-18-12-16(26)17(27)13-19(18)29-30;1-23(2,3)16-14-17(24(4,5)6)21(20(15-16)30-22(29)31-25(7,8)9)28-26-18-12-10-11-13-19(18)27-28/h9-17H,18H2,1-8H3;10-15H,16H2,1-9H3;9-13H,14H2,1-8H3;10-15H,1-9H3. The summed E-state index contributed by atoms with van der Waals surface area (Å²) in [5.41, 5.74) is 11.6. The molecule has 131 heavy (non-hydrogen) atoms. The first kappa shape index (κ1) is 102. The highest BCUT2D eigenvalue weighted by Crippen LogP contribution is 2.45. The number of ether oxygens (including phenoxy) is 8. The molecular formula is C105H134Cl2N12O12. The van der Waals surface area contributed by atoms with Gasteiger partial charge in [-0.2, -0.15) is 0 Å². The van der Waals surface area contributed by atoms with Gasteiger partial charge in [0.15, 0.2) is 23.0 Å². The molecule has 0 fully saturated rings. The predicted octanol–water partition coefficient (Wildman–Crippen LogP) is 28.4. The first-order valence-electron chi connectivity index (χ1n) is 44.4. The maximum atomic E-state index is 12.6. The van der Waals surface area contributed by atoms with Gasteiger partial charge in [-0.15, -0.1) is 60.0 Å². The zero-order valence-electron chi connectivity index (χ0n) is 83.2. The molecule has 0 spiro atoms. The summed E-state index contributed by atoms with van der Waals surface area (Å²) < 4.78 is 44.1. The van der Waals surface area contributed by atoms with Crippen LogP contribution in [0.4, 0.5) is 19.2 Å². The lowest BCUT2D eigenvalue weighted by atomic mass is 9.72. The van der Waals surface area contributed by atoms with Crippen LogP contribution in [0.3, 0.4) is 0 Å². The fraction of sp³-hybridized carbons (Fsp3) is 0.467. The SMILES string of the molecule is CC(C)(C)CC(C)(C)c1ccc(OC(=O)OC(C)(C)C)c(-n2nc3cc(Cl)c(Cl)cc3n2)c1.CC(C)(C)CC(C)(C)c1ccc(OC(=O)OC(C)(C)C)c(-n2nc3cc4ccccc4cc3n2)c1.CC(C)(C)OC(=O)Oc1cc(C(C)(C)C)cc(C(C)(C)C)c1-n1nc2ccccc2n1.Cc1ccc2nn(-c3cc(C(C)(C)CC(C)(C)C)ccc3OC(=O)OC(C)(C)C)nc2c1. The topological polar surface area (TPSA) is 265 Å². The Bertz CT molecular complexity index is 6220. The Morgan fingerprint density at radius 3 is 0.870 bits per heavy atom. The van der Waals surface area contributed by atoms with E-state index in [2.05, 4.69) is 194 Å². The molecule has 0 atom stereocenters. The maximum Gasteiger partial charge on any atom is 0.514 e. The molecule has 13 rings (SSSR count). The number of nitrogens with zero attached hydrogens (tertiary/aromatic N) is 12. The minimum absolute atomic E-state index is 0.0966. The molecule has 0 amide bonds. The molecule has 9 aromatic carbocycles. The molecule has 24 nitrogen and oxygen atoms in total. The summed E-state index contributed by atoms with van der Waals surface area (Å²) in [7, 11) is 0. The maximum absolute atomic E-state index is 12.6. The average Bonchev–Trinajstić information content (AvgIpc) is 0.911. The Morgan fingerprint density at radius 2 is 0.565 bits per heavy atom. The van der Waals surface area contributed by atoms with Gasteiger partial charge in [-0.3, -0.25) is 0 Å². The number of halogens is 2. The lowest BCUT2D eigenvalue weighted by Crippen LogP contribution is -2.27. The van der Waals surface area contributed by atoms with E-state index in [0.717, 1.165) is 96.5 Å². The largest absolute Gasteiger partial charge is 0.514 e.